The molecule has 1 aromatic rings. The lowest BCUT2D eigenvalue weighted by Gasteiger charge is -2.31. The minimum atomic E-state index is -3.51. The highest BCUT2D eigenvalue weighted by molar-refractivity contribution is 7.89. The Morgan fingerprint density at radius 3 is 2.17 bits per heavy atom. The fourth-order valence-corrected chi connectivity index (χ4v) is 5.19. The molecule has 0 aromatic heterocycles. The van der Waals surface area contributed by atoms with E-state index in [1.807, 2.05) is 0 Å². The molecule has 0 aliphatic heterocycles. The van der Waals surface area contributed by atoms with Crippen LogP contribution in [0, 0.1) is 5.92 Å². The van der Waals surface area contributed by atoms with Crippen molar-refractivity contribution in [2.75, 3.05) is 33.1 Å². The van der Waals surface area contributed by atoms with Crippen LogP contribution in [0.1, 0.15) is 38.5 Å². The minimum Gasteiger partial charge on any atom is -0.378 e. The van der Waals surface area contributed by atoms with E-state index >= 15 is 0 Å². The molecule has 1 fully saturated rings. The number of rotatable bonds is 11. The average molecular weight is 468 g/mol. The van der Waals surface area contributed by atoms with Gasteiger partial charge in [-0.25, -0.2) is 12.7 Å². The van der Waals surface area contributed by atoms with Gasteiger partial charge in [-0.2, -0.15) is 8.42 Å². The van der Waals surface area contributed by atoms with Crippen molar-refractivity contribution < 1.29 is 25.8 Å². The first-order valence-electron chi connectivity index (χ1n) is 9.76. The highest BCUT2D eigenvalue weighted by Crippen LogP contribution is 2.28. The molecule has 0 spiro atoms. The molecule has 0 atom stereocenters. The van der Waals surface area contributed by atoms with Crippen molar-refractivity contribution >= 4 is 31.7 Å². The fourth-order valence-electron chi connectivity index (χ4n) is 3.39. The van der Waals surface area contributed by atoms with Gasteiger partial charge in [-0.1, -0.05) is 11.6 Å². The SMILES string of the molecule is CN(CC1CCC(OCCCCOS(C)(=O)=O)CC1)S(=O)(=O)c1ccc(Cl)cc1. The zero-order valence-corrected chi connectivity index (χ0v) is 19.3. The van der Waals surface area contributed by atoms with Crippen molar-refractivity contribution in [3.63, 3.8) is 0 Å². The van der Waals surface area contributed by atoms with Crippen LogP contribution in [0.15, 0.2) is 29.2 Å². The Kier molecular flexibility index (Phi) is 9.37. The lowest BCUT2D eigenvalue weighted by atomic mass is 9.87. The van der Waals surface area contributed by atoms with Gasteiger partial charge in [-0.05, 0) is 68.7 Å². The van der Waals surface area contributed by atoms with Gasteiger partial charge in [0, 0.05) is 25.2 Å². The first-order chi connectivity index (χ1) is 13.6. The van der Waals surface area contributed by atoms with Gasteiger partial charge >= 0.3 is 0 Å². The number of sulfonamides is 1. The molecule has 29 heavy (non-hydrogen) atoms. The molecule has 0 saturated heterocycles. The van der Waals surface area contributed by atoms with E-state index < -0.39 is 20.1 Å². The minimum absolute atomic E-state index is 0.181. The van der Waals surface area contributed by atoms with Crippen LogP contribution in [0.25, 0.3) is 0 Å². The van der Waals surface area contributed by atoms with Gasteiger partial charge < -0.3 is 4.74 Å². The lowest BCUT2D eigenvalue weighted by Crippen LogP contribution is -2.34. The van der Waals surface area contributed by atoms with E-state index in [9.17, 15) is 16.8 Å². The van der Waals surface area contributed by atoms with Gasteiger partial charge in [-0.15, -0.1) is 0 Å². The summed E-state index contributed by atoms with van der Waals surface area (Å²) in [6.07, 6.45) is 6.25. The van der Waals surface area contributed by atoms with Crippen LogP contribution < -0.4 is 0 Å². The smallest absolute Gasteiger partial charge is 0.264 e. The number of benzene rings is 1. The predicted molar refractivity (Wildman–Crippen MR) is 113 cm³/mol. The summed E-state index contributed by atoms with van der Waals surface area (Å²) < 4.78 is 59.1. The van der Waals surface area contributed by atoms with Crippen LogP contribution in [0.5, 0.6) is 0 Å². The summed E-state index contributed by atoms with van der Waals surface area (Å²) >= 11 is 5.84. The first kappa shape index (κ1) is 24.6. The molecule has 1 aliphatic carbocycles. The second-order valence-corrected chi connectivity index (χ2v) is 11.6. The van der Waals surface area contributed by atoms with Crippen molar-refractivity contribution in [1.82, 2.24) is 4.31 Å². The van der Waals surface area contributed by atoms with Gasteiger partial charge in [0.05, 0.1) is 23.9 Å². The maximum atomic E-state index is 12.7. The Morgan fingerprint density at radius 2 is 1.59 bits per heavy atom. The number of ether oxygens (including phenoxy) is 1. The molecule has 0 amide bonds. The zero-order chi connectivity index (χ0) is 21.5. The molecule has 1 aliphatic rings. The summed E-state index contributed by atoms with van der Waals surface area (Å²) in [6.45, 7) is 1.25. The Morgan fingerprint density at radius 1 is 1.00 bits per heavy atom. The molecule has 0 heterocycles. The second kappa shape index (κ2) is 11.1. The maximum absolute atomic E-state index is 12.7. The molecule has 166 valence electrons. The summed E-state index contributed by atoms with van der Waals surface area (Å²) in [6, 6.07) is 6.22. The number of nitrogens with zero attached hydrogens (tertiary/aromatic N) is 1. The van der Waals surface area contributed by atoms with Gasteiger partial charge in [-0.3, -0.25) is 4.18 Å². The van der Waals surface area contributed by atoms with Crippen LogP contribution in [0.4, 0.5) is 0 Å². The summed E-state index contributed by atoms with van der Waals surface area (Å²) in [5.74, 6) is 0.310. The van der Waals surface area contributed by atoms with E-state index in [-0.39, 0.29) is 17.6 Å². The largest absolute Gasteiger partial charge is 0.378 e. The van der Waals surface area contributed by atoms with Crippen LogP contribution in [-0.2, 0) is 29.1 Å². The number of halogens is 1. The molecule has 10 heteroatoms. The third-order valence-electron chi connectivity index (χ3n) is 5.02. The Bertz CT molecular complexity index is 834. The molecular formula is C19H30ClNO6S2. The molecule has 1 saturated carbocycles. The van der Waals surface area contributed by atoms with E-state index in [1.165, 1.54) is 16.4 Å². The zero-order valence-electron chi connectivity index (χ0n) is 16.9. The Hall–Kier alpha value is -0.710. The predicted octanol–water partition coefficient (Wildman–Crippen LogP) is 3.29. The van der Waals surface area contributed by atoms with Gasteiger partial charge in [0.1, 0.15) is 0 Å². The van der Waals surface area contributed by atoms with Crippen LogP contribution in [0.3, 0.4) is 0 Å². The van der Waals surface area contributed by atoms with E-state index in [1.54, 1.807) is 19.2 Å². The molecule has 2 rings (SSSR count). The summed E-state index contributed by atoms with van der Waals surface area (Å²) in [7, 11) is -5.27. The molecule has 0 N–H and O–H groups in total. The number of hydrogen-bond donors (Lipinski definition) is 0. The van der Waals surface area contributed by atoms with E-state index in [0.717, 1.165) is 38.4 Å². The quantitative estimate of drug-likeness (QED) is 0.366. The fraction of sp³-hybridized carbons (Fsp3) is 0.684. The molecule has 7 nitrogen and oxygen atoms in total. The molecule has 1 aromatic carbocycles. The standard InChI is InChI=1S/C19H30ClNO6S2/c1-21(29(24,25)19-11-7-17(20)8-12-19)15-16-5-9-18(10-6-16)26-13-3-4-14-27-28(2,22)23/h7-8,11-12,16,18H,3-6,9-10,13-15H2,1-2H3. The van der Waals surface area contributed by atoms with Crippen LogP contribution in [-0.4, -0.2) is 60.3 Å². The lowest BCUT2D eigenvalue weighted by molar-refractivity contribution is 0.0141. The number of unbranched alkanes of at least 4 members (excludes halogenated alkanes) is 1. The molecule has 0 unspecified atom stereocenters. The summed E-state index contributed by atoms with van der Waals surface area (Å²) in [5, 5.41) is 0.507. The van der Waals surface area contributed by atoms with Crippen molar-refractivity contribution in [3.05, 3.63) is 29.3 Å². The van der Waals surface area contributed by atoms with Crippen molar-refractivity contribution in [2.24, 2.45) is 5.92 Å². The summed E-state index contributed by atoms with van der Waals surface area (Å²) in [4.78, 5) is 0.251. The molecule has 0 radical (unpaired) electrons. The third-order valence-corrected chi connectivity index (χ3v) is 7.70. The van der Waals surface area contributed by atoms with Crippen molar-refractivity contribution in [2.45, 2.75) is 49.5 Å². The topological polar surface area (TPSA) is 90.0 Å². The van der Waals surface area contributed by atoms with Gasteiger partial charge in [0.2, 0.25) is 10.0 Å². The average Bonchev–Trinajstić information content (AvgIpc) is 2.65. The summed E-state index contributed by atoms with van der Waals surface area (Å²) in [5.41, 5.74) is 0. The van der Waals surface area contributed by atoms with Crippen LogP contribution >= 0.6 is 11.6 Å². The van der Waals surface area contributed by atoms with E-state index in [4.69, 9.17) is 20.5 Å². The van der Waals surface area contributed by atoms with Gasteiger partial charge in [0.25, 0.3) is 10.1 Å². The Labute approximate surface area is 179 Å². The highest BCUT2D eigenvalue weighted by atomic mass is 35.5. The maximum Gasteiger partial charge on any atom is 0.264 e. The normalized spacial score (nSPS) is 20.8. The second-order valence-electron chi connectivity index (χ2n) is 7.49. The number of hydrogen-bond acceptors (Lipinski definition) is 6. The third kappa shape index (κ3) is 8.51. The van der Waals surface area contributed by atoms with Crippen molar-refractivity contribution in [3.8, 4) is 0 Å². The van der Waals surface area contributed by atoms with Crippen molar-refractivity contribution in [1.29, 1.82) is 0 Å². The molecule has 0 bridgehead atoms. The van der Waals surface area contributed by atoms with Gasteiger partial charge in [0.15, 0.2) is 0 Å². The van der Waals surface area contributed by atoms with E-state index in [0.29, 0.717) is 30.5 Å². The monoisotopic (exact) mass is 467 g/mol. The first-order valence-corrected chi connectivity index (χ1v) is 13.4. The molecular weight excluding hydrogens is 438 g/mol. The van der Waals surface area contributed by atoms with E-state index in [2.05, 4.69) is 0 Å². The van der Waals surface area contributed by atoms with Crippen LogP contribution in [0.2, 0.25) is 5.02 Å². The highest BCUT2D eigenvalue weighted by Gasteiger charge is 2.27. The Balaban J connectivity index is 1.68.